The van der Waals surface area contributed by atoms with E-state index in [9.17, 15) is 14.4 Å². The van der Waals surface area contributed by atoms with Crippen LogP contribution in [-0.2, 0) is 4.74 Å². The van der Waals surface area contributed by atoms with Gasteiger partial charge in [-0.15, -0.1) is 0 Å². The molecule has 0 amide bonds. The summed E-state index contributed by atoms with van der Waals surface area (Å²) in [6.07, 6.45) is 3.10. The molecule has 4 aromatic heterocycles. The first-order chi connectivity index (χ1) is 13.0. The maximum atomic E-state index is 11.2. The zero-order valence-electron chi connectivity index (χ0n) is 14.0. The van der Waals surface area contributed by atoms with Gasteiger partial charge in [-0.1, -0.05) is 0 Å². The molecule has 0 saturated carbocycles. The van der Waals surface area contributed by atoms with Crippen LogP contribution >= 0.6 is 15.9 Å². The van der Waals surface area contributed by atoms with E-state index in [1.807, 2.05) is 6.07 Å². The van der Waals surface area contributed by atoms with Gasteiger partial charge in [0.05, 0.1) is 34.7 Å². The quantitative estimate of drug-likeness (QED) is 0.449. The number of halogens is 1. The van der Waals surface area contributed by atoms with Crippen molar-refractivity contribution in [2.24, 2.45) is 0 Å². The van der Waals surface area contributed by atoms with Gasteiger partial charge in [0.1, 0.15) is 0 Å². The maximum absolute atomic E-state index is 11.2. The number of hydrogen-bond donors (Lipinski definition) is 2. The summed E-state index contributed by atoms with van der Waals surface area (Å²) in [6.45, 7) is 0. The number of esters is 1. The van der Waals surface area contributed by atoms with E-state index in [-0.39, 0.29) is 11.1 Å². The van der Waals surface area contributed by atoms with Crippen molar-refractivity contribution in [3.63, 3.8) is 0 Å². The number of nitrogens with zero attached hydrogens (tertiary/aromatic N) is 2. The number of aromatic nitrogens is 4. The van der Waals surface area contributed by atoms with E-state index in [1.165, 1.54) is 31.5 Å². The normalized spacial score (nSPS) is 10.3. The van der Waals surface area contributed by atoms with Gasteiger partial charge in [0.25, 0.3) is 0 Å². The summed E-state index contributed by atoms with van der Waals surface area (Å²) in [5.74, 6) is -0.478. The Bertz CT molecular complexity index is 1250. The van der Waals surface area contributed by atoms with Gasteiger partial charge < -0.3 is 14.7 Å². The van der Waals surface area contributed by atoms with E-state index in [2.05, 4.69) is 40.6 Å². The zero-order chi connectivity index (χ0) is 19.4. The highest BCUT2D eigenvalue weighted by molar-refractivity contribution is 9.10. The van der Waals surface area contributed by atoms with Crippen LogP contribution < -0.4 is 11.1 Å². The number of fused-ring (bicyclic) bond motifs is 2. The number of methoxy groups -OCH3 is 1. The van der Waals surface area contributed by atoms with Crippen molar-refractivity contribution in [1.29, 1.82) is 0 Å². The second-order valence-electron chi connectivity index (χ2n) is 5.38. The first-order valence-corrected chi connectivity index (χ1v) is 8.47. The van der Waals surface area contributed by atoms with E-state index in [4.69, 9.17) is 0 Å². The molecular weight excluding hydrogens is 416 g/mol. The summed E-state index contributed by atoms with van der Waals surface area (Å²) in [5, 5.41) is 0. The topological polar surface area (TPSA) is 118 Å². The SMILES string of the molecule is COC(=O)c1cnc2ccc(=O)[nH]c2c1.O=c1ccc2ncc(Br)cc2[nH]1. The number of rotatable bonds is 1. The highest BCUT2D eigenvalue weighted by Crippen LogP contribution is 2.13. The maximum Gasteiger partial charge on any atom is 0.339 e. The van der Waals surface area contributed by atoms with Crippen molar-refractivity contribution in [2.75, 3.05) is 7.11 Å². The molecule has 8 nitrogen and oxygen atoms in total. The summed E-state index contributed by atoms with van der Waals surface area (Å²) >= 11 is 3.27. The Morgan fingerprint density at radius 3 is 2.07 bits per heavy atom. The Hall–Kier alpha value is -3.33. The van der Waals surface area contributed by atoms with E-state index < -0.39 is 5.97 Å². The molecule has 0 aromatic carbocycles. The van der Waals surface area contributed by atoms with Crippen LogP contribution in [0.4, 0.5) is 0 Å². The molecule has 0 radical (unpaired) electrons. The van der Waals surface area contributed by atoms with Gasteiger partial charge in [-0.3, -0.25) is 19.6 Å². The van der Waals surface area contributed by atoms with E-state index >= 15 is 0 Å². The van der Waals surface area contributed by atoms with Crippen molar-refractivity contribution in [2.45, 2.75) is 0 Å². The molecule has 4 rings (SSSR count). The van der Waals surface area contributed by atoms with Crippen LogP contribution in [0.1, 0.15) is 10.4 Å². The molecule has 0 spiro atoms. The molecule has 0 unspecified atom stereocenters. The summed E-state index contributed by atoms with van der Waals surface area (Å²) in [5.41, 5.74) is 2.66. The van der Waals surface area contributed by atoms with Gasteiger partial charge in [-0.25, -0.2) is 4.79 Å². The lowest BCUT2D eigenvalue weighted by Gasteiger charge is -2.00. The summed E-state index contributed by atoms with van der Waals surface area (Å²) in [6, 6.07) is 9.49. The van der Waals surface area contributed by atoms with Gasteiger partial charge in [0.15, 0.2) is 0 Å². The predicted molar refractivity (Wildman–Crippen MR) is 104 cm³/mol. The number of nitrogens with one attached hydrogen (secondary N) is 2. The molecule has 0 fully saturated rings. The number of ether oxygens (including phenoxy) is 1. The van der Waals surface area contributed by atoms with Crippen molar-refractivity contribution < 1.29 is 9.53 Å². The van der Waals surface area contributed by atoms with Crippen LogP contribution in [0, 0.1) is 0 Å². The Morgan fingerprint density at radius 2 is 1.48 bits per heavy atom. The van der Waals surface area contributed by atoms with Crippen LogP contribution in [-0.4, -0.2) is 33.0 Å². The minimum absolute atomic E-state index is 0.109. The second kappa shape index (κ2) is 7.92. The molecule has 0 saturated heterocycles. The molecule has 136 valence electrons. The molecule has 0 bridgehead atoms. The van der Waals surface area contributed by atoms with Gasteiger partial charge >= 0.3 is 5.97 Å². The predicted octanol–water partition coefficient (Wildman–Crippen LogP) is 2.40. The van der Waals surface area contributed by atoms with Gasteiger partial charge in [0, 0.05) is 29.0 Å². The smallest absolute Gasteiger partial charge is 0.339 e. The number of pyridine rings is 4. The van der Waals surface area contributed by atoms with Crippen LogP contribution in [0.25, 0.3) is 22.1 Å². The highest BCUT2D eigenvalue weighted by Gasteiger charge is 2.06. The van der Waals surface area contributed by atoms with Crippen molar-refractivity contribution in [3.8, 4) is 0 Å². The Labute approximate surface area is 160 Å². The number of aromatic amines is 2. The zero-order valence-corrected chi connectivity index (χ0v) is 15.6. The third-order valence-electron chi connectivity index (χ3n) is 3.53. The van der Waals surface area contributed by atoms with Crippen LogP contribution in [0.15, 0.2) is 62.9 Å². The highest BCUT2D eigenvalue weighted by atomic mass is 79.9. The van der Waals surface area contributed by atoms with Crippen molar-refractivity contribution in [1.82, 2.24) is 19.9 Å². The number of carbonyl (C=O) groups excluding carboxylic acids is 1. The molecule has 4 aromatic rings. The summed E-state index contributed by atoms with van der Waals surface area (Å²) in [7, 11) is 1.29. The first kappa shape index (κ1) is 18.5. The fraction of sp³-hybridized carbons (Fsp3) is 0.0556. The molecule has 9 heteroatoms. The monoisotopic (exact) mass is 428 g/mol. The Morgan fingerprint density at radius 1 is 0.926 bits per heavy atom. The summed E-state index contributed by atoms with van der Waals surface area (Å²) < 4.78 is 5.40. The second-order valence-corrected chi connectivity index (χ2v) is 6.30. The average Bonchev–Trinajstić information content (AvgIpc) is 2.66. The molecule has 4 heterocycles. The number of H-pyrrole nitrogens is 2. The Kier molecular flexibility index (Phi) is 5.41. The lowest BCUT2D eigenvalue weighted by atomic mass is 10.2. The molecular formula is C18H13BrN4O4. The minimum atomic E-state index is -0.478. The third kappa shape index (κ3) is 4.45. The van der Waals surface area contributed by atoms with Gasteiger partial charge in [-0.05, 0) is 40.2 Å². The standard InChI is InChI=1S/C10H8N2O3.C8H5BrN2O/c1-15-10(14)6-4-8-7(11-5-6)2-3-9(13)12-8;9-5-3-7-6(10-4-5)1-2-8(12)11-7/h2-5H,1H3,(H,12,13);1-4H,(H,11,12). The van der Waals surface area contributed by atoms with E-state index in [1.54, 1.807) is 18.3 Å². The lowest BCUT2D eigenvalue weighted by Crippen LogP contribution is -2.06. The van der Waals surface area contributed by atoms with E-state index in [0.717, 1.165) is 15.5 Å². The van der Waals surface area contributed by atoms with Crippen LogP contribution in [0.3, 0.4) is 0 Å². The van der Waals surface area contributed by atoms with E-state index in [0.29, 0.717) is 16.6 Å². The third-order valence-corrected chi connectivity index (χ3v) is 3.96. The number of hydrogen-bond acceptors (Lipinski definition) is 6. The lowest BCUT2D eigenvalue weighted by molar-refractivity contribution is 0.0600. The fourth-order valence-electron chi connectivity index (χ4n) is 2.28. The largest absolute Gasteiger partial charge is 0.465 e. The van der Waals surface area contributed by atoms with Crippen LogP contribution in [0.2, 0.25) is 0 Å². The van der Waals surface area contributed by atoms with Crippen molar-refractivity contribution in [3.05, 3.63) is 79.5 Å². The molecule has 0 atom stereocenters. The minimum Gasteiger partial charge on any atom is -0.465 e. The molecule has 0 aliphatic rings. The molecule has 2 N–H and O–H groups in total. The first-order valence-electron chi connectivity index (χ1n) is 7.68. The fourth-order valence-corrected chi connectivity index (χ4v) is 2.61. The van der Waals surface area contributed by atoms with Crippen molar-refractivity contribution >= 4 is 44.0 Å². The molecule has 27 heavy (non-hydrogen) atoms. The Balaban J connectivity index is 0.000000159. The van der Waals surface area contributed by atoms with Crippen LogP contribution in [0.5, 0.6) is 0 Å². The number of carbonyl (C=O) groups is 1. The molecule has 0 aliphatic heterocycles. The van der Waals surface area contributed by atoms with Gasteiger partial charge in [-0.2, -0.15) is 0 Å². The average molecular weight is 429 g/mol. The van der Waals surface area contributed by atoms with Gasteiger partial charge in [0.2, 0.25) is 11.1 Å². The molecule has 0 aliphatic carbocycles. The summed E-state index contributed by atoms with van der Waals surface area (Å²) in [4.78, 5) is 46.5.